The third kappa shape index (κ3) is 2.76. The van der Waals surface area contributed by atoms with Crippen molar-refractivity contribution in [3.05, 3.63) is 17.7 Å². The zero-order valence-electron chi connectivity index (χ0n) is 12.7. The molecule has 1 amide bonds. The second-order valence-electron chi connectivity index (χ2n) is 4.91. The van der Waals surface area contributed by atoms with Crippen LogP contribution in [0, 0.1) is 0 Å². The van der Waals surface area contributed by atoms with Crippen molar-refractivity contribution in [2.45, 2.75) is 18.9 Å². The predicted octanol–water partition coefficient (Wildman–Crippen LogP) is 1.28. The summed E-state index contributed by atoms with van der Waals surface area (Å²) in [7, 11) is 4.58. The highest BCUT2D eigenvalue weighted by Gasteiger charge is 2.31. The van der Waals surface area contributed by atoms with E-state index < -0.39 is 0 Å². The molecule has 1 unspecified atom stereocenters. The van der Waals surface area contributed by atoms with E-state index in [1.54, 1.807) is 19.2 Å². The summed E-state index contributed by atoms with van der Waals surface area (Å²) in [4.78, 5) is 14.6. The van der Waals surface area contributed by atoms with Crippen molar-refractivity contribution in [3.63, 3.8) is 0 Å². The van der Waals surface area contributed by atoms with Gasteiger partial charge in [0.25, 0.3) is 5.91 Å². The summed E-state index contributed by atoms with van der Waals surface area (Å²) < 4.78 is 15.9. The van der Waals surface area contributed by atoms with Crippen LogP contribution in [0.15, 0.2) is 12.1 Å². The Hall–Kier alpha value is -1.95. The number of hydrogen-bond acceptors (Lipinski definition) is 5. The Bertz CT molecular complexity index is 519. The molecule has 116 valence electrons. The molecule has 1 aromatic carbocycles. The van der Waals surface area contributed by atoms with E-state index in [2.05, 4.69) is 0 Å². The molecule has 0 aliphatic carbocycles. The highest BCUT2D eigenvalue weighted by molar-refractivity contribution is 5.98. The summed E-state index contributed by atoms with van der Waals surface area (Å²) in [5.74, 6) is 1.27. The van der Waals surface area contributed by atoms with Gasteiger partial charge < -0.3 is 24.8 Å². The van der Waals surface area contributed by atoms with Crippen LogP contribution in [0.5, 0.6) is 17.2 Å². The van der Waals surface area contributed by atoms with Crippen LogP contribution in [0.4, 0.5) is 0 Å². The number of nitrogens with two attached hydrogens (primary N) is 1. The van der Waals surface area contributed by atoms with E-state index in [4.69, 9.17) is 19.9 Å². The largest absolute Gasteiger partial charge is 0.493 e. The van der Waals surface area contributed by atoms with Crippen LogP contribution in [0.1, 0.15) is 23.2 Å². The van der Waals surface area contributed by atoms with E-state index in [9.17, 15) is 4.79 Å². The van der Waals surface area contributed by atoms with Crippen LogP contribution >= 0.6 is 0 Å². The fourth-order valence-electron chi connectivity index (χ4n) is 2.77. The van der Waals surface area contributed by atoms with Gasteiger partial charge in [-0.2, -0.15) is 0 Å². The Morgan fingerprint density at radius 2 is 1.95 bits per heavy atom. The third-order valence-electron chi connectivity index (χ3n) is 3.84. The first-order valence-corrected chi connectivity index (χ1v) is 6.97. The molecule has 0 radical (unpaired) electrons. The lowest BCUT2D eigenvalue weighted by atomic mass is 10.1. The summed E-state index contributed by atoms with van der Waals surface area (Å²) in [5, 5.41) is 0. The van der Waals surface area contributed by atoms with Gasteiger partial charge in [-0.25, -0.2) is 0 Å². The minimum absolute atomic E-state index is 0.0826. The molecule has 1 atom stereocenters. The molecular weight excluding hydrogens is 272 g/mol. The molecule has 0 aromatic heterocycles. The summed E-state index contributed by atoms with van der Waals surface area (Å²) >= 11 is 0. The Labute approximate surface area is 124 Å². The van der Waals surface area contributed by atoms with Crippen LogP contribution in [-0.2, 0) is 0 Å². The van der Waals surface area contributed by atoms with E-state index in [0.717, 1.165) is 19.4 Å². The van der Waals surface area contributed by atoms with E-state index >= 15 is 0 Å². The highest BCUT2D eigenvalue weighted by atomic mass is 16.5. The predicted molar refractivity (Wildman–Crippen MR) is 79.2 cm³/mol. The molecule has 1 aliphatic rings. The van der Waals surface area contributed by atoms with Gasteiger partial charge in [-0.3, -0.25) is 4.79 Å². The minimum atomic E-state index is -0.0826. The molecule has 21 heavy (non-hydrogen) atoms. The standard InChI is InChI=1S/C15H22N2O4/c1-19-12-7-6-11(13(20-2)14(12)21-3)15(18)17-8-4-5-10(17)9-16/h6-7,10H,4-5,8-9,16H2,1-3H3. The van der Waals surface area contributed by atoms with Gasteiger partial charge in [0.15, 0.2) is 11.5 Å². The van der Waals surface area contributed by atoms with Crippen LogP contribution < -0.4 is 19.9 Å². The molecule has 2 rings (SSSR count). The Morgan fingerprint density at radius 1 is 1.24 bits per heavy atom. The molecule has 1 aliphatic heterocycles. The molecule has 6 heteroatoms. The monoisotopic (exact) mass is 294 g/mol. The van der Waals surface area contributed by atoms with Gasteiger partial charge in [0.05, 0.1) is 26.9 Å². The molecule has 1 aromatic rings. The van der Waals surface area contributed by atoms with Crippen molar-refractivity contribution in [2.24, 2.45) is 5.73 Å². The Kier molecular flexibility index (Phi) is 4.90. The van der Waals surface area contributed by atoms with Crippen molar-refractivity contribution < 1.29 is 19.0 Å². The minimum Gasteiger partial charge on any atom is -0.493 e. The Morgan fingerprint density at radius 3 is 2.52 bits per heavy atom. The first kappa shape index (κ1) is 15.4. The first-order valence-electron chi connectivity index (χ1n) is 6.97. The maximum atomic E-state index is 12.8. The number of carbonyl (C=O) groups excluding carboxylic acids is 1. The molecule has 6 nitrogen and oxygen atoms in total. The molecule has 0 spiro atoms. The van der Waals surface area contributed by atoms with Gasteiger partial charge in [-0.1, -0.05) is 0 Å². The second-order valence-corrected chi connectivity index (χ2v) is 4.91. The Balaban J connectivity index is 2.41. The van der Waals surface area contributed by atoms with E-state index in [1.165, 1.54) is 14.2 Å². The fourth-order valence-corrected chi connectivity index (χ4v) is 2.77. The molecule has 0 saturated carbocycles. The number of amides is 1. The topological polar surface area (TPSA) is 74.0 Å². The second kappa shape index (κ2) is 6.67. The lowest BCUT2D eigenvalue weighted by Crippen LogP contribution is -2.40. The van der Waals surface area contributed by atoms with Crippen LogP contribution in [0.3, 0.4) is 0 Å². The van der Waals surface area contributed by atoms with Gasteiger partial charge in [-0.15, -0.1) is 0 Å². The number of nitrogens with zero attached hydrogens (tertiary/aromatic N) is 1. The number of rotatable bonds is 5. The number of hydrogen-bond donors (Lipinski definition) is 1. The number of ether oxygens (including phenoxy) is 3. The molecule has 1 saturated heterocycles. The molecular formula is C15H22N2O4. The first-order chi connectivity index (χ1) is 10.2. The number of benzene rings is 1. The number of likely N-dealkylation sites (tertiary alicyclic amines) is 1. The van der Waals surface area contributed by atoms with Crippen LogP contribution in [0.25, 0.3) is 0 Å². The maximum absolute atomic E-state index is 12.8. The van der Waals surface area contributed by atoms with Crippen LogP contribution in [-0.4, -0.2) is 51.3 Å². The van der Waals surface area contributed by atoms with Crippen molar-refractivity contribution in [2.75, 3.05) is 34.4 Å². The molecule has 0 bridgehead atoms. The van der Waals surface area contributed by atoms with Crippen molar-refractivity contribution in [3.8, 4) is 17.2 Å². The SMILES string of the molecule is COc1ccc(C(=O)N2CCCC2CN)c(OC)c1OC. The third-order valence-corrected chi connectivity index (χ3v) is 3.84. The summed E-state index contributed by atoms with van der Waals surface area (Å²) in [6.07, 6.45) is 1.92. The normalized spacial score (nSPS) is 17.7. The summed E-state index contributed by atoms with van der Waals surface area (Å²) in [6, 6.07) is 3.51. The molecule has 1 fully saturated rings. The van der Waals surface area contributed by atoms with Crippen molar-refractivity contribution in [1.82, 2.24) is 4.90 Å². The average Bonchev–Trinajstić information content (AvgIpc) is 3.00. The van der Waals surface area contributed by atoms with Gasteiger partial charge in [0.2, 0.25) is 5.75 Å². The van der Waals surface area contributed by atoms with Crippen molar-refractivity contribution >= 4 is 5.91 Å². The number of methoxy groups -OCH3 is 3. The zero-order chi connectivity index (χ0) is 15.4. The van der Waals surface area contributed by atoms with Gasteiger partial charge in [0, 0.05) is 19.1 Å². The van der Waals surface area contributed by atoms with Crippen LogP contribution in [0.2, 0.25) is 0 Å². The number of carbonyl (C=O) groups is 1. The van der Waals surface area contributed by atoms with E-state index in [0.29, 0.717) is 29.4 Å². The molecule has 2 N–H and O–H groups in total. The highest BCUT2D eigenvalue weighted by Crippen LogP contribution is 2.40. The quantitative estimate of drug-likeness (QED) is 0.885. The lowest BCUT2D eigenvalue weighted by molar-refractivity contribution is 0.0737. The smallest absolute Gasteiger partial charge is 0.258 e. The van der Waals surface area contributed by atoms with E-state index in [-0.39, 0.29) is 11.9 Å². The van der Waals surface area contributed by atoms with Gasteiger partial charge in [0.1, 0.15) is 0 Å². The van der Waals surface area contributed by atoms with E-state index in [1.807, 2.05) is 4.90 Å². The van der Waals surface area contributed by atoms with Gasteiger partial charge >= 0.3 is 0 Å². The summed E-state index contributed by atoms with van der Waals surface area (Å²) in [6.45, 7) is 1.19. The zero-order valence-corrected chi connectivity index (χ0v) is 12.7. The molecule has 1 heterocycles. The summed E-state index contributed by atoms with van der Waals surface area (Å²) in [5.41, 5.74) is 6.21. The van der Waals surface area contributed by atoms with Gasteiger partial charge in [-0.05, 0) is 25.0 Å². The fraction of sp³-hybridized carbons (Fsp3) is 0.533. The van der Waals surface area contributed by atoms with Crippen molar-refractivity contribution in [1.29, 1.82) is 0 Å². The maximum Gasteiger partial charge on any atom is 0.258 e. The lowest BCUT2D eigenvalue weighted by Gasteiger charge is -2.25. The average molecular weight is 294 g/mol.